The highest BCUT2D eigenvalue weighted by Crippen LogP contribution is 2.28. The molecule has 1 saturated carbocycles. The number of ether oxygens (including phenoxy) is 1. The van der Waals surface area contributed by atoms with Gasteiger partial charge in [-0.25, -0.2) is 0 Å². The van der Waals surface area contributed by atoms with Crippen molar-refractivity contribution in [3.05, 3.63) is 0 Å². The minimum absolute atomic E-state index is 0.117. The molecule has 4 unspecified atom stereocenters. The summed E-state index contributed by atoms with van der Waals surface area (Å²) in [5, 5.41) is 3.44. The standard InChI is InChI=1S/C15H29NO2/c1-5-12(3)14(15(17)18-4)16-10-13-8-6-7-11(2)9-13/h11-14,16H,5-10H2,1-4H3. The summed E-state index contributed by atoms with van der Waals surface area (Å²) in [5.74, 6) is 1.78. The molecular formula is C15H29NO2. The van der Waals surface area contributed by atoms with Gasteiger partial charge < -0.3 is 10.1 Å². The first-order valence-electron chi connectivity index (χ1n) is 7.39. The zero-order valence-corrected chi connectivity index (χ0v) is 12.4. The first-order chi connectivity index (χ1) is 8.58. The quantitative estimate of drug-likeness (QED) is 0.742. The van der Waals surface area contributed by atoms with Gasteiger partial charge in [0.15, 0.2) is 0 Å². The second-order valence-electron chi connectivity index (χ2n) is 5.93. The molecule has 1 N–H and O–H groups in total. The van der Waals surface area contributed by atoms with Crippen molar-refractivity contribution in [1.29, 1.82) is 0 Å². The van der Waals surface area contributed by atoms with Crippen molar-refractivity contribution in [2.75, 3.05) is 13.7 Å². The fourth-order valence-corrected chi connectivity index (χ4v) is 2.92. The van der Waals surface area contributed by atoms with E-state index in [0.717, 1.165) is 24.8 Å². The van der Waals surface area contributed by atoms with Gasteiger partial charge >= 0.3 is 5.97 Å². The maximum Gasteiger partial charge on any atom is 0.323 e. The molecule has 0 spiro atoms. The molecular weight excluding hydrogens is 226 g/mol. The first kappa shape index (κ1) is 15.5. The molecule has 0 bridgehead atoms. The van der Waals surface area contributed by atoms with Gasteiger partial charge in [0.2, 0.25) is 0 Å². The smallest absolute Gasteiger partial charge is 0.323 e. The molecule has 0 amide bonds. The van der Waals surface area contributed by atoms with E-state index in [1.165, 1.54) is 32.8 Å². The predicted octanol–water partition coefficient (Wildman–Crippen LogP) is 2.99. The van der Waals surface area contributed by atoms with Gasteiger partial charge in [-0.1, -0.05) is 40.0 Å². The highest BCUT2D eigenvalue weighted by Gasteiger charge is 2.26. The Morgan fingerprint density at radius 1 is 1.44 bits per heavy atom. The van der Waals surface area contributed by atoms with Crippen LogP contribution in [-0.4, -0.2) is 25.7 Å². The molecule has 1 aliphatic carbocycles. The minimum atomic E-state index is -0.141. The minimum Gasteiger partial charge on any atom is -0.468 e. The summed E-state index contributed by atoms with van der Waals surface area (Å²) >= 11 is 0. The molecule has 3 heteroatoms. The van der Waals surface area contributed by atoms with Gasteiger partial charge in [0.1, 0.15) is 6.04 Å². The SMILES string of the molecule is CCC(C)C(NCC1CCCC(C)C1)C(=O)OC. The normalized spacial score (nSPS) is 27.6. The largest absolute Gasteiger partial charge is 0.468 e. The van der Waals surface area contributed by atoms with Crippen LogP contribution in [-0.2, 0) is 9.53 Å². The topological polar surface area (TPSA) is 38.3 Å². The summed E-state index contributed by atoms with van der Waals surface area (Å²) in [7, 11) is 1.47. The summed E-state index contributed by atoms with van der Waals surface area (Å²) in [6, 6.07) is -0.141. The Morgan fingerprint density at radius 3 is 2.72 bits per heavy atom. The van der Waals surface area contributed by atoms with Crippen molar-refractivity contribution < 1.29 is 9.53 Å². The van der Waals surface area contributed by atoms with E-state index in [1.807, 2.05) is 0 Å². The molecule has 1 fully saturated rings. The number of methoxy groups -OCH3 is 1. The summed E-state index contributed by atoms with van der Waals surface area (Å²) in [6.45, 7) is 7.51. The average molecular weight is 255 g/mol. The van der Waals surface area contributed by atoms with Crippen LogP contribution >= 0.6 is 0 Å². The summed E-state index contributed by atoms with van der Waals surface area (Å²) < 4.78 is 4.89. The molecule has 1 aliphatic rings. The Labute approximate surface area is 112 Å². The Kier molecular flexibility index (Phi) is 6.69. The van der Waals surface area contributed by atoms with Gasteiger partial charge in [0.05, 0.1) is 7.11 Å². The molecule has 4 atom stereocenters. The van der Waals surface area contributed by atoms with Crippen molar-refractivity contribution in [1.82, 2.24) is 5.32 Å². The van der Waals surface area contributed by atoms with Crippen LogP contribution in [0.3, 0.4) is 0 Å². The number of hydrogen-bond donors (Lipinski definition) is 1. The lowest BCUT2D eigenvalue weighted by Gasteiger charge is -2.29. The molecule has 1 rings (SSSR count). The van der Waals surface area contributed by atoms with Crippen LogP contribution < -0.4 is 5.32 Å². The van der Waals surface area contributed by atoms with Crippen molar-refractivity contribution in [2.24, 2.45) is 17.8 Å². The van der Waals surface area contributed by atoms with Gasteiger partial charge in [0, 0.05) is 0 Å². The van der Waals surface area contributed by atoms with E-state index >= 15 is 0 Å². The molecule has 0 aromatic carbocycles. The number of hydrogen-bond acceptors (Lipinski definition) is 3. The molecule has 0 aromatic rings. The van der Waals surface area contributed by atoms with Crippen LogP contribution in [0, 0.1) is 17.8 Å². The Morgan fingerprint density at radius 2 is 2.17 bits per heavy atom. The van der Waals surface area contributed by atoms with Gasteiger partial charge in [-0.3, -0.25) is 4.79 Å². The highest BCUT2D eigenvalue weighted by atomic mass is 16.5. The van der Waals surface area contributed by atoms with Crippen LogP contribution in [0.4, 0.5) is 0 Å². The van der Waals surface area contributed by atoms with Crippen molar-refractivity contribution in [2.45, 2.75) is 58.9 Å². The summed E-state index contributed by atoms with van der Waals surface area (Å²) in [6.07, 6.45) is 6.28. The Balaban J connectivity index is 2.43. The Bertz CT molecular complexity index is 255. The van der Waals surface area contributed by atoms with Crippen LogP contribution in [0.1, 0.15) is 52.9 Å². The van der Waals surface area contributed by atoms with E-state index in [4.69, 9.17) is 4.74 Å². The second-order valence-corrected chi connectivity index (χ2v) is 5.93. The highest BCUT2D eigenvalue weighted by molar-refractivity contribution is 5.75. The van der Waals surface area contributed by atoms with E-state index in [-0.39, 0.29) is 12.0 Å². The van der Waals surface area contributed by atoms with Gasteiger partial charge in [0.25, 0.3) is 0 Å². The third-order valence-corrected chi connectivity index (χ3v) is 4.34. The number of nitrogens with one attached hydrogen (secondary N) is 1. The van der Waals surface area contributed by atoms with E-state index < -0.39 is 0 Å². The average Bonchev–Trinajstić information content (AvgIpc) is 2.38. The molecule has 0 heterocycles. The predicted molar refractivity (Wildman–Crippen MR) is 74.4 cm³/mol. The van der Waals surface area contributed by atoms with E-state index in [9.17, 15) is 4.79 Å². The Hall–Kier alpha value is -0.570. The first-order valence-corrected chi connectivity index (χ1v) is 7.39. The summed E-state index contributed by atoms with van der Waals surface area (Å²) in [5.41, 5.74) is 0. The maximum atomic E-state index is 11.8. The van der Waals surface area contributed by atoms with E-state index in [2.05, 4.69) is 26.1 Å². The van der Waals surface area contributed by atoms with E-state index in [0.29, 0.717) is 5.92 Å². The van der Waals surface area contributed by atoms with E-state index in [1.54, 1.807) is 0 Å². The molecule has 106 valence electrons. The van der Waals surface area contributed by atoms with Gasteiger partial charge in [-0.2, -0.15) is 0 Å². The van der Waals surface area contributed by atoms with Crippen molar-refractivity contribution in [3.63, 3.8) is 0 Å². The molecule has 0 aromatic heterocycles. The molecule has 18 heavy (non-hydrogen) atoms. The van der Waals surface area contributed by atoms with Gasteiger partial charge in [-0.15, -0.1) is 0 Å². The molecule has 0 saturated heterocycles. The second kappa shape index (κ2) is 7.78. The number of carbonyl (C=O) groups is 1. The molecule has 3 nitrogen and oxygen atoms in total. The van der Waals surface area contributed by atoms with Crippen LogP contribution in [0.2, 0.25) is 0 Å². The van der Waals surface area contributed by atoms with Crippen molar-refractivity contribution in [3.8, 4) is 0 Å². The number of carbonyl (C=O) groups excluding carboxylic acids is 1. The molecule has 0 radical (unpaired) electrons. The number of esters is 1. The third kappa shape index (κ3) is 4.60. The lowest BCUT2D eigenvalue weighted by atomic mass is 9.82. The van der Waals surface area contributed by atoms with Crippen molar-refractivity contribution >= 4 is 5.97 Å². The molecule has 0 aliphatic heterocycles. The fourth-order valence-electron chi connectivity index (χ4n) is 2.92. The monoisotopic (exact) mass is 255 g/mol. The summed E-state index contributed by atoms with van der Waals surface area (Å²) in [4.78, 5) is 11.8. The van der Waals surface area contributed by atoms with Crippen LogP contribution in [0.15, 0.2) is 0 Å². The van der Waals surface area contributed by atoms with Crippen LogP contribution in [0.5, 0.6) is 0 Å². The number of rotatable bonds is 6. The zero-order chi connectivity index (χ0) is 13.5. The third-order valence-electron chi connectivity index (χ3n) is 4.34. The zero-order valence-electron chi connectivity index (χ0n) is 12.4. The van der Waals surface area contributed by atoms with Crippen LogP contribution in [0.25, 0.3) is 0 Å². The lowest BCUT2D eigenvalue weighted by Crippen LogP contribution is -2.45. The van der Waals surface area contributed by atoms with Gasteiger partial charge in [-0.05, 0) is 37.1 Å². The maximum absolute atomic E-state index is 11.8. The fraction of sp³-hybridized carbons (Fsp3) is 0.933. The lowest BCUT2D eigenvalue weighted by molar-refractivity contribution is -0.144.